The lowest BCUT2D eigenvalue weighted by molar-refractivity contribution is 0.183. The highest BCUT2D eigenvalue weighted by Gasteiger charge is 2.06. The first-order valence-electron chi connectivity index (χ1n) is 5.62. The molecule has 0 aromatic heterocycles. The zero-order valence-electron chi connectivity index (χ0n) is 9.34. The van der Waals surface area contributed by atoms with Crippen molar-refractivity contribution >= 4 is 0 Å². The average Bonchev–Trinajstić information content (AvgIpc) is 2.09. The highest BCUT2D eigenvalue weighted by Crippen LogP contribution is 2.06. The summed E-state index contributed by atoms with van der Waals surface area (Å²) in [6.07, 6.45) is 6.03. The molecule has 0 radical (unpaired) electrons. The average molecular weight is 187 g/mol. The Morgan fingerprint density at radius 1 is 1.15 bits per heavy atom. The van der Waals surface area contributed by atoms with Crippen molar-refractivity contribution in [1.29, 1.82) is 0 Å². The quantitative estimate of drug-likeness (QED) is 0.611. The molecule has 0 rings (SSSR count). The van der Waals surface area contributed by atoms with Gasteiger partial charge in [-0.05, 0) is 19.8 Å². The molecule has 0 spiro atoms. The van der Waals surface area contributed by atoms with E-state index in [0.29, 0.717) is 6.04 Å². The Labute approximate surface area is 82.7 Å². The number of aliphatic hydroxyl groups excluding tert-OH is 1. The summed E-state index contributed by atoms with van der Waals surface area (Å²) in [5, 5.41) is 12.5. The zero-order valence-corrected chi connectivity index (χ0v) is 9.34. The Bertz CT molecular complexity index is 104. The van der Waals surface area contributed by atoms with E-state index < -0.39 is 0 Å². The summed E-state index contributed by atoms with van der Waals surface area (Å²) in [4.78, 5) is 0. The summed E-state index contributed by atoms with van der Waals surface area (Å²) in [5.41, 5.74) is 0. The maximum Gasteiger partial charge on any atom is 0.0636 e. The molecule has 2 atom stereocenters. The Hall–Kier alpha value is -0.0800. The van der Waals surface area contributed by atoms with Crippen LogP contribution in [0.5, 0.6) is 0 Å². The van der Waals surface area contributed by atoms with E-state index in [0.717, 1.165) is 6.54 Å². The number of rotatable bonds is 8. The third-order valence-electron chi connectivity index (χ3n) is 2.25. The van der Waals surface area contributed by atoms with Crippen molar-refractivity contribution in [2.75, 3.05) is 6.54 Å². The molecule has 2 heteroatoms. The summed E-state index contributed by atoms with van der Waals surface area (Å²) in [7, 11) is 0. The Morgan fingerprint density at radius 2 is 1.85 bits per heavy atom. The fourth-order valence-electron chi connectivity index (χ4n) is 1.48. The third kappa shape index (κ3) is 8.26. The van der Waals surface area contributed by atoms with E-state index in [2.05, 4.69) is 19.2 Å². The lowest BCUT2D eigenvalue weighted by Gasteiger charge is -2.18. The van der Waals surface area contributed by atoms with Crippen LogP contribution in [0.4, 0.5) is 0 Å². The van der Waals surface area contributed by atoms with Crippen LogP contribution in [0.2, 0.25) is 0 Å². The molecule has 0 aromatic carbocycles. The maximum atomic E-state index is 9.13. The van der Waals surface area contributed by atoms with E-state index in [1.165, 1.54) is 32.1 Å². The molecule has 0 amide bonds. The summed E-state index contributed by atoms with van der Waals surface area (Å²) < 4.78 is 0. The molecule has 0 saturated heterocycles. The van der Waals surface area contributed by atoms with Gasteiger partial charge in [-0.1, -0.05) is 33.1 Å². The molecule has 0 aliphatic heterocycles. The second-order valence-corrected chi connectivity index (χ2v) is 3.89. The van der Waals surface area contributed by atoms with Crippen molar-refractivity contribution in [1.82, 2.24) is 5.32 Å². The highest BCUT2D eigenvalue weighted by molar-refractivity contribution is 4.67. The molecule has 0 aromatic rings. The Balaban J connectivity index is 3.53. The smallest absolute Gasteiger partial charge is 0.0636 e. The molecular weight excluding hydrogens is 162 g/mol. The molecule has 1 unspecified atom stereocenters. The highest BCUT2D eigenvalue weighted by atomic mass is 16.3. The van der Waals surface area contributed by atoms with Crippen molar-refractivity contribution in [3.63, 3.8) is 0 Å². The lowest BCUT2D eigenvalue weighted by atomic mass is 10.1. The number of unbranched alkanes of at least 4 members (excludes halogenated alkanes) is 1. The van der Waals surface area contributed by atoms with Gasteiger partial charge in [0.15, 0.2) is 0 Å². The van der Waals surface area contributed by atoms with Crippen LogP contribution in [0.1, 0.15) is 52.9 Å². The van der Waals surface area contributed by atoms with Crippen LogP contribution in [-0.4, -0.2) is 23.8 Å². The number of aliphatic hydroxyl groups is 1. The second kappa shape index (κ2) is 8.52. The molecule has 0 aliphatic rings. The van der Waals surface area contributed by atoms with E-state index in [4.69, 9.17) is 5.11 Å². The Kier molecular flexibility index (Phi) is 8.46. The molecule has 0 aliphatic carbocycles. The van der Waals surface area contributed by atoms with Crippen LogP contribution in [0.25, 0.3) is 0 Å². The summed E-state index contributed by atoms with van der Waals surface area (Å²) in [6, 6.07) is 0.611. The minimum absolute atomic E-state index is 0.221. The SMILES string of the molecule is CCCCC(CCC)NC[C@H](C)O. The molecular formula is C11H25NO. The van der Waals surface area contributed by atoms with Gasteiger partial charge in [0.05, 0.1) is 6.10 Å². The van der Waals surface area contributed by atoms with Crippen molar-refractivity contribution < 1.29 is 5.11 Å². The normalized spacial score (nSPS) is 15.7. The third-order valence-corrected chi connectivity index (χ3v) is 2.25. The van der Waals surface area contributed by atoms with Gasteiger partial charge in [0, 0.05) is 12.6 Å². The van der Waals surface area contributed by atoms with Gasteiger partial charge in [-0.25, -0.2) is 0 Å². The number of hydrogen-bond acceptors (Lipinski definition) is 2. The van der Waals surface area contributed by atoms with Gasteiger partial charge >= 0.3 is 0 Å². The van der Waals surface area contributed by atoms with E-state index in [-0.39, 0.29) is 6.10 Å². The van der Waals surface area contributed by atoms with Crippen LogP contribution in [0, 0.1) is 0 Å². The fraction of sp³-hybridized carbons (Fsp3) is 1.00. The fourth-order valence-corrected chi connectivity index (χ4v) is 1.48. The first-order valence-corrected chi connectivity index (χ1v) is 5.62. The summed E-state index contributed by atoms with van der Waals surface area (Å²) in [6.45, 7) is 6.99. The minimum atomic E-state index is -0.221. The van der Waals surface area contributed by atoms with Gasteiger partial charge in [0.2, 0.25) is 0 Å². The van der Waals surface area contributed by atoms with Crippen LogP contribution >= 0.6 is 0 Å². The van der Waals surface area contributed by atoms with Gasteiger partial charge in [-0.2, -0.15) is 0 Å². The molecule has 0 fully saturated rings. The summed E-state index contributed by atoms with van der Waals surface area (Å²) in [5.74, 6) is 0. The Morgan fingerprint density at radius 3 is 2.31 bits per heavy atom. The lowest BCUT2D eigenvalue weighted by Crippen LogP contribution is -2.34. The molecule has 2 nitrogen and oxygen atoms in total. The van der Waals surface area contributed by atoms with Crippen LogP contribution in [-0.2, 0) is 0 Å². The van der Waals surface area contributed by atoms with Crippen LogP contribution in [0.15, 0.2) is 0 Å². The number of hydrogen-bond donors (Lipinski definition) is 2. The first-order chi connectivity index (χ1) is 6.20. The van der Waals surface area contributed by atoms with Crippen LogP contribution in [0.3, 0.4) is 0 Å². The van der Waals surface area contributed by atoms with Crippen molar-refractivity contribution in [2.24, 2.45) is 0 Å². The predicted molar refractivity (Wildman–Crippen MR) is 57.9 cm³/mol. The minimum Gasteiger partial charge on any atom is -0.392 e. The maximum absolute atomic E-state index is 9.13. The van der Waals surface area contributed by atoms with E-state index in [9.17, 15) is 0 Å². The second-order valence-electron chi connectivity index (χ2n) is 3.89. The molecule has 2 N–H and O–H groups in total. The van der Waals surface area contributed by atoms with E-state index >= 15 is 0 Å². The van der Waals surface area contributed by atoms with Gasteiger partial charge in [0.1, 0.15) is 0 Å². The topological polar surface area (TPSA) is 32.3 Å². The van der Waals surface area contributed by atoms with Gasteiger partial charge in [-0.3, -0.25) is 0 Å². The van der Waals surface area contributed by atoms with E-state index in [1.807, 2.05) is 6.92 Å². The van der Waals surface area contributed by atoms with Crippen molar-refractivity contribution in [3.8, 4) is 0 Å². The summed E-state index contributed by atoms with van der Waals surface area (Å²) >= 11 is 0. The van der Waals surface area contributed by atoms with Gasteiger partial charge < -0.3 is 10.4 Å². The van der Waals surface area contributed by atoms with Gasteiger partial charge in [-0.15, -0.1) is 0 Å². The largest absolute Gasteiger partial charge is 0.392 e. The van der Waals surface area contributed by atoms with Crippen molar-refractivity contribution in [3.05, 3.63) is 0 Å². The molecule has 13 heavy (non-hydrogen) atoms. The monoisotopic (exact) mass is 187 g/mol. The standard InChI is InChI=1S/C11H25NO/c1-4-6-8-11(7-5-2)12-9-10(3)13/h10-13H,4-9H2,1-3H3/t10-,11?/m0/s1. The van der Waals surface area contributed by atoms with Crippen molar-refractivity contribution in [2.45, 2.75) is 65.0 Å². The zero-order chi connectivity index (χ0) is 10.1. The van der Waals surface area contributed by atoms with Crippen LogP contribution < -0.4 is 5.32 Å². The van der Waals surface area contributed by atoms with Gasteiger partial charge in [0.25, 0.3) is 0 Å². The molecule has 0 bridgehead atoms. The predicted octanol–water partition coefficient (Wildman–Crippen LogP) is 2.32. The molecule has 80 valence electrons. The molecule has 0 heterocycles. The first kappa shape index (κ1) is 12.9. The number of nitrogens with one attached hydrogen (secondary N) is 1. The molecule has 0 saturated carbocycles. The van der Waals surface area contributed by atoms with E-state index in [1.54, 1.807) is 0 Å².